The summed E-state index contributed by atoms with van der Waals surface area (Å²) in [6, 6.07) is -1.80. The molecule has 1 unspecified atom stereocenters. The number of ether oxygens (including phenoxy) is 2. The zero-order valence-corrected chi connectivity index (χ0v) is 19.5. The quantitative estimate of drug-likeness (QED) is 0.497. The molecule has 176 valence electrons. The van der Waals surface area contributed by atoms with Crippen LogP contribution in [0.5, 0.6) is 0 Å². The SMILES string of the molecule is COC(=O)[C@H](CC1CCC(C)(C)NC1=O)NC(=O)[C@H](CC1CC1)NC(=O)OC(C)(C)C. The first-order valence-corrected chi connectivity index (χ1v) is 11.0. The van der Waals surface area contributed by atoms with Gasteiger partial charge in [-0.15, -0.1) is 0 Å². The van der Waals surface area contributed by atoms with Crippen molar-refractivity contribution < 1.29 is 28.7 Å². The van der Waals surface area contributed by atoms with Gasteiger partial charge in [-0.25, -0.2) is 9.59 Å². The van der Waals surface area contributed by atoms with Crippen molar-refractivity contribution in [3.05, 3.63) is 0 Å². The van der Waals surface area contributed by atoms with Gasteiger partial charge in [-0.3, -0.25) is 9.59 Å². The fraction of sp³-hybridized carbons (Fsp3) is 0.818. The van der Waals surface area contributed by atoms with E-state index in [4.69, 9.17) is 9.47 Å². The van der Waals surface area contributed by atoms with Crippen molar-refractivity contribution in [3.8, 4) is 0 Å². The minimum Gasteiger partial charge on any atom is -0.467 e. The Morgan fingerprint density at radius 3 is 2.26 bits per heavy atom. The molecule has 0 radical (unpaired) electrons. The summed E-state index contributed by atoms with van der Waals surface area (Å²) in [7, 11) is 1.24. The third-order valence-corrected chi connectivity index (χ3v) is 5.55. The maximum Gasteiger partial charge on any atom is 0.408 e. The van der Waals surface area contributed by atoms with E-state index >= 15 is 0 Å². The Bertz CT molecular complexity index is 696. The molecule has 1 aliphatic carbocycles. The van der Waals surface area contributed by atoms with Crippen LogP contribution in [0.4, 0.5) is 4.79 Å². The first-order valence-electron chi connectivity index (χ1n) is 11.0. The number of carbonyl (C=O) groups is 4. The maximum atomic E-state index is 13.0. The summed E-state index contributed by atoms with van der Waals surface area (Å²) in [6.45, 7) is 9.13. The normalized spacial score (nSPS) is 22.5. The summed E-state index contributed by atoms with van der Waals surface area (Å²) in [5.74, 6) is -1.29. The van der Waals surface area contributed by atoms with Gasteiger partial charge in [0, 0.05) is 11.5 Å². The van der Waals surface area contributed by atoms with E-state index < -0.39 is 41.6 Å². The lowest BCUT2D eigenvalue weighted by atomic mass is 9.83. The smallest absolute Gasteiger partial charge is 0.408 e. The Morgan fingerprint density at radius 2 is 1.74 bits per heavy atom. The van der Waals surface area contributed by atoms with Gasteiger partial charge in [0.1, 0.15) is 17.7 Å². The molecule has 3 amide bonds. The molecule has 9 heteroatoms. The van der Waals surface area contributed by atoms with Crippen LogP contribution in [0.3, 0.4) is 0 Å². The van der Waals surface area contributed by atoms with E-state index in [9.17, 15) is 19.2 Å². The molecule has 0 aromatic rings. The van der Waals surface area contributed by atoms with E-state index in [0.29, 0.717) is 18.8 Å². The van der Waals surface area contributed by atoms with Crippen LogP contribution in [0.2, 0.25) is 0 Å². The van der Waals surface area contributed by atoms with Gasteiger partial charge in [-0.1, -0.05) is 12.8 Å². The number of alkyl carbamates (subject to hydrolysis) is 1. The van der Waals surface area contributed by atoms with E-state index in [-0.39, 0.29) is 17.9 Å². The first kappa shape index (κ1) is 24.9. The minimum atomic E-state index is -0.975. The van der Waals surface area contributed by atoms with Crippen LogP contribution in [0.1, 0.15) is 73.1 Å². The second-order valence-corrected chi connectivity index (χ2v) is 10.3. The summed E-state index contributed by atoms with van der Waals surface area (Å²) in [4.78, 5) is 50.0. The molecule has 1 aliphatic heterocycles. The van der Waals surface area contributed by atoms with Crippen LogP contribution in [0, 0.1) is 11.8 Å². The number of amides is 3. The largest absolute Gasteiger partial charge is 0.467 e. The van der Waals surface area contributed by atoms with Crippen LogP contribution in [0.15, 0.2) is 0 Å². The fourth-order valence-electron chi connectivity index (χ4n) is 3.67. The molecule has 0 aromatic carbocycles. The number of esters is 1. The van der Waals surface area contributed by atoms with E-state index in [1.807, 2.05) is 13.8 Å². The highest BCUT2D eigenvalue weighted by molar-refractivity contribution is 5.90. The third-order valence-electron chi connectivity index (χ3n) is 5.55. The summed E-state index contributed by atoms with van der Waals surface area (Å²) in [5.41, 5.74) is -0.981. The topological polar surface area (TPSA) is 123 Å². The molecule has 2 aliphatic rings. The monoisotopic (exact) mass is 439 g/mol. The molecule has 3 atom stereocenters. The highest BCUT2D eigenvalue weighted by Crippen LogP contribution is 2.33. The second kappa shape index (κ2) is 9.87. The van der Waals surface area contributed by atoms with E-state index in [1.54, 1.807) is 20.8 Å². The van der Waals surface area contributed by atoms with Crippen molar-refractivity contribution in [3.63, 3.8) is 0 Å². The molecule has 2 fully saturated rings. The minimum absolute atomic E-state index is 0.138. The molecule has 1 heterocycles. The first-order chi connectivity index (χ1) is 14.3. The molecule has 31 heavy (non-hydrogen) atoms. The highest BCUT2D eigenvalue weighted by Gasteiger charge is 2.38. The maximum absolute atomic E-state index is 13.0. The molecular formula is C22H37N3O6. The van der Waals surface area contributed by atoms with Gasteiger partial charge in [-0.05, 0) is 66.2 Å². The fourth-order valence-corrected chi connectivity index (χ4v) is 3.67. The number of rotatable bonds is 8. The molecular weight excluding hydrogens is 402 g/mol. The lowest BCUT2D eigenvalue weighted by molar-refractivity contribution is -0.146. The zero-order chi connectivity index (χ0) is 23.4. The Labute approximate surface area is 184 Å². The van der Waals surface area contributed by atoms with Crippen LogP contribution >= 0.6 is 0 Å². The van der Waals surface area contributed by atoms with E-state index in [2.05, 4.69) is 16.0 Å². The van der Waals surface area contributed by atoms with Crippen molar-refractivity contribution in [2.24, 2.45) is 11.8 Å². The Hall–Kier alpha value is -2.32. The Balaban J connectivity index is 2.04. The van der Waals surface area contributed by atoms with Gasteiger partial charge in [0.2, 0.25) is 11.8 Å². The van der Waals surface area contributed by atoms with Crippen molar-refractivity contribution in [2.45, 2.75) is 96.4 Å². The van der Waals surface area contributed by atoms with Crippen LogP contribution in [-0.2, 0) is 23.9 Å². The number of methoxy groups -OCH3 is 1. The Kier molecular flexibility index (Phi) is 7.94. The highest BCUT2D eigenvalue weighted by atomic mass is 16.6. The molecule has 1 saturated heterocycles. The van der Waals surface area contributed by atoms with Crippen molar-refractivity contribution >= 4 is 23.9 Å². The summed E-state index contributed by atoms with van der Waals surface area (Å²) in [6.07, 6.45) is 3.31. The van der Waals surface area contributed by atoms with Crippen LogP contribution in [0.25, 0.3) is 0 Å². The van der Waals surface area contributed by atoms with Crippen molar-refractivity contribution in [1.29, 1.82) is 0 Å². The van der Waals surface area contributed by atoms with E-state index in [1.165, 1.54) is 7.11 Å². The number of nitrogens with one attached hydrogen (secondary N) is 3. The van der Waals surface area contributed by atoms with Crippen LogP contribution < -0.4 is 16.0 Å². The van der Waals surface area contributed by atoms with E-state index in [0.717, 1.165) is 19.3 Å². The van der Waals surface area contributed by atoms with Gasteiger partial charge in [0.05, 0.1) is 7.11 Å². The molecule has 0 spiro atoms. The number of piperidine rings is 1. The third kappa shape index (κ3) is 8.38. The Morgan fingerprint density at radius 1 is 1.10 bits per heavy atom. The molecule has 3 N–H and O–H groups in total. The van der Waals surface area contributed by atoms with Crippen LogP contribution in [-0.4, -0.2) is 54.2 Å². The average Bonchev–Trinajstić information content (AvgIpc) is 3.43. The lowest BCUT2D eigenvalue weighted by Crippen LogP contribution is -2.55. The second-order valence-electron chi connectivity index (χ2n) is 10.3. The molecule has 2 rings (SSSR count). The average molecular weight is 440 g/mol. The molecule has 0 bridgehead atoms. The predicted molar refractivity (Wildman–Crippen MR) is 114 cm³/mol. The number of carbonyl (C=O) groups excluding carboxylic acids is 4. The standard InChI is InChI=1S/C22H37N3O6/c1-21(2,3)31-20(29)24-15(11-13-7-8-13)18(27)23-16(19(28)30-6)12-14-9-10-22(4,5)25-17(14)26/h13-16H,7-12H2,1-6H3,(H,23,27)(H,24,29)(H,25,26)/t14?,15-,16-/m0/s1. The van der Waals surface area contributed by atoms with Gasteiger partial charge in [0.15, 0.2) is 0 Å². The predicted octanol–water partition coefficient (Wildman–Crippen LogP) is 2.03. The number of hydrogen-bond donors (Lipinski definition) is 3. The van der Waals surface area contributed by atoms with Crippen molar-refractivity contribution in [1.82, 2.24) is 16.0 Å². The lowest BCUT2D eigenvalue weighted by Gasteiger charge is -2.36. The zero-order valence-electron chi connectivity index (χ0n) is 19.5. The molecule has 9 nitrogen and oxygen atoms in total. The molecule has 1 saturated carbocycles. The number of hydrogen-bond acceptors (Lipinski definition) is 6. The van der Waals surface area contributed by atoms with Gasteiger partial charge < -0.3 is 25.4 Å². The summed E-state index contributed by atoms with van der Waals surface area (Å²) < 4.78 is 10.1. The molecule has 0 aromatic heterocycles. The van der Waals surface area contributed by atoms with Gasteiger partial charge >= 0.3 is 12.1 Å². The summed E-state index contributed by atoms with van der Waals surface area (Å²) >= 11 is 0. The van der Waals surface area contributed by atoms with Gasteiger partial charge in [-0.2, -0.15) is 0 Å². The summed E-state index contributed by atoms with van der Waals surface area (Å²) in [5, 5.41) is 8.27. The van der Waals surface area contributed by atoms with Gasteiger partial charge in [0.25, 0.3) is 0 Å². The van der Waals surface area contributed by atoms with Crippen molar-refractivity contribution in [2.75, 3.05) is 7.11 Å².